The SMILES string of the molecule is CC[Si]1(Cl)C[SiH](Br)C1. The monoisotopic (exact) mass is 228 g/mol. The van der Waals surface area contributed by atoms with Crippen molar-refractivity contribution in [2.45, 2.75) is 24.3 Å². The Labute approximate surface area is 65.5 Å². The second kappa shape index (κ2) is 2.44. The van der Waals surface area contributed by atoms with E-state index in [1.807, 2.05) is 0 Å². The number of hydrogen-bond donors (Lipinski definition) is 0. The first kappa shape index (κ1) is 7.31. The number of hydrogen-bond acceptors (Lipinski definition) is 0. The molecule has 0 aromatic rings. The maximum Gasteiger partial charge on any atom is 0.152 e. The molecule has 48 valence electrons. The van der Waals surface area contributed by atoms with Crippen LogP contribution >= 0.6 is 26.4 Å². The number of rotatable bonds is 1. The van der Waals surface area contributed by atoms with Gasteiger partial charge in [-0.2, -0.15) is 11.1 Å². The van der Waals surface area contributed by atoms with E-state index in [4.69, 9.17) is 11.1 Å². The summed E-state index contributed by atoms with van der Waals surface area (Å²) in [6, 6.07) is 1.28. The lowest BCUT2D eigenvalue weighted by Gasteiger charge is -2.35. The van der Waals surface area contributed by atoms with Crippen molar-refractivity contribution in [2.24, 2.45) is 0 Å². The first-order chi connectivity index (χ1) is 3.66. The van der Waals surface area contributed by atoms with Crippen LogP contribution in [0.2, 0.25) is 17.4 Å². The minimum atomic E-state index is -1.05. The van der Waals surface area contributed by atoms with E-state index in [0.717, 1.165) is 0 Å². The fraction of sp³-hybridized carbons (Fsp3) is 1.00. The molecule has 0 bridgehead atoms. The van der Waals surface area contributed by atoms with Crippen LogP contribution < -0.4 is 0 Å². The topological polar surface area (TPSA) is 0 Å². The average Bonchev–Trinajstić information content (AvgIpc) is 1.63. The molecule has 1 aliphatic rings. The molecule has 0 saturated carbocycles. The van der Waals surface area contributed by atoms with Gasteiger partial charge in [0.25, 0.3) is 0 Å². The summed E-state index contributed by atoms with van der Waals surface area (Å²) in [5.74, 6) is 0. The molecule has 1 heterocycles. The van der Waals surface area contributed by atoms with Crippen molar-refractivity contribution in [1.82, 2.24) is 0 Å². The first-order valence-electron chi connectivity index (χ1n) is 2.99. The molecule has 0 amide bonds. The van der Waals surface area contributed by atoms with Crippen LogP contribution in [-0.2, 0) is 0 Å². The van der Waals surface area contributed by atoms with Gasteiger partial charge in [0.2, 0.25) is 0 Å². The maximum atomic E-state index is 6.23. The molecule has 0 aromatic heterocycles. The van der Waals surface area contributed by atoms with Crippen LogP contribution in [0, 0.1) is 0 Å². The Balaban J connectivity index is 2.30. The summed E-state index contributed by atoms with van der Waals surface area (Å²) >= 11 is 9.90. The van der Waals surface area contributed by atoms with E-state index >= 15 is 0 Å². The van der Waals surface area contributed by atoms with E-state index in [-0.39, 0.29) is 7.42 Å². The molecule has 0 atom stereocenters. The van der Waals surface area contributed by atoms with E-state index in [9.17, 15) is 0 Å². The zero-order valence-corrected chi connectivity index (χ0v) is 9.45. The molecule has 0 spiro atoms. The second-order valence-corrected chi connectivity index (χ2v) is 16.3. The van der Waals surface area contributed by atoms with Crippen molar-refractivity contribution in [3.63, 3.8) is 0 Å². The van der Waals surface area contributed by atoms with Crippen LogP contribution in [0.5, 0.6) is 0 Å². The van der Waals surface area contributed by atoms with Crippen LogP contribution in [0.15, 0.2) is 0 Å². The number of halogens is 2. The largest absolute Gasteiger partial charge is 0.168 e. The maximum absolute atomic E-state index is 6.23. The molecule has 0 radical (unpaired) electrons. The van der Waals surface area contributed by atoms with Crippen molar-refractivity contribution in [3.8, 4) is 0 Å². The summed E-state index contributed by atoms with van der Waals surface area (Å²) in [5.41, 5.74) is 2.84. The van der Waals surface area contributed by atoms with Crippen molar-refractivity contribution < 1.29 is 0 Å². The van der Waals surface area contributed by atoms with Crippen molar-refractivity contribution in [1.29, 1.82) is 0 Å². The van der Waals surface area contributed by atoms with Crippen molar-refractivity contribution in [2.75, 3.05) is 0 Å². The van der Waals surface area contributed by atoms with Gasteiger partial charge in [-0.15, -0.1) is 15.3 Å². The summed E-state index contributed by atoms with van der Waals surface area (Å²) in [6.07, 6.45) is 0. The van der Waals surface area contributed by atoms with E-state index in [0.29, 0.717) is 0 Å². The fourth-order valence-electron chi connectivity index (χ4n) is 1.02. The highest BCUT2D eigenvalue weighted by Crippen LogP contribution is 2.40. The molecule has 0 nitrogen and oxygen atoms in total. The van der Waals surface area contributed by atoms with Crippen molar-refractivity contribution in [3.05, 3.63) is 0 Å². The second-order valence-electron chi connectivity index (χ2n) is 2.51. The summed E-state index contributed by atoms with van der Waals surface area (Å²) in [5, 5.41) is 0. The summed E-state index contributed by atoms with van der Waals surface area (Å²) in [6.45, 7) is 2.23. The van der Waals surface area contributed by atoms with Crippen LogP contribution in [0.1, 0.15) is 6.92 Å². The summed E-state index contributed by atoms with van der Waals surface area (Å²) < 4.78 is 0. The third-order valence-corrected chi connectivity index (χ3v) is 21.9. The summed E-state index contributed by atoms with van der Waals surface area (Å²) in [4.78, 5) is 0. The zero-order chi connectivity index (χ0) is 6.20. The average molecular weight is 230 g/mol. The van der Waals surface area contributed by atoms with Gasteiger partial charge in [0.15, 0.2) is 7.38 Å². The van der Waals surface area contributed by atoms with Crippen LogP contribution in [0.25, 0.3) is 0 Å². The molecular weight excluding hydrogens is 220 g/mol. The highest BCUT2D eigenvalue weighted by Gasteiger charge is 2.43. The van der Waals surface area contributed by atoms with E-state index in [2.05, 4.69) is 22.2 Å². The standard InChI is InChI=1S/C4H10BrClSi2/c1-2-8(6)3-7(5)4-8/h7H,2-4H2,1H3. The predicted molar refractivity (Wildman–Crippen MR) is 47.8 cm³/mol. The molecule has 4 heteroatoms. The van der Waals surface area contributed by atoms with Crippen LogP contribution in [0.4, 0.5) is 0 Å². The van der Waals surface area contributed by atoms with Crippen molar-refractivity contribution >= 4 is 41.2 Å². The first-order valence-corrected chi connectivity index (χ1v) is 11.4. The minimum absolute atomic E-state index is 0.369. The quantitative estimate of drug-likeness (QED) is 0.479. The molecule has 1 aliphatic heterocycles. The third-order valence-electron chi connectivity index (χ3n) is 1.81. The Kier molecular flexibility index (Phi) is 2.23. The molecular formula is C4H10BrClSi2. The van der Waals surface area contributed by atoms with E-state index in [1.165, 1.54) is 17.4 Å². The van der Waals surface area contributed by atoms with Gasteiger partial charge in [-0.25, -0.2) is 0 Å². The normalized spacial score (nSPS) is 46.1. The Morgan fingerprint density at radius 1 is 1.75 bits per heavy atom. The summed E-state index contributed by atoms with van der Waals surface area (Å²) in [7, 11) is -1.42. The fourth-order valence-corrected chi connectivity index (χ4v) is 27.1. The van der Waals surface area contributed by atoms with Gasteiger partial charge in [0.05, 0.1) is 0 Å². The molecule has 1 saturated heterocycles. The van der Waals surface area contributed by atoms with E-state index in [1.54, 1.807) is 0 Å². The highest BCUT2D eigenvalue weighted by molar-refractivity contribution is 9.24. The molecule has 0 N–H and O–H groups in total. The Bertz CT molecular complexity index is 92.0. The lowest BCUT2D eigenvalue weighted by molar-refractivity contribution is 1.33. The third kappa shape index (κ3) is 1.37. The van der Waals surface area contributed by atoms with Crippen LogP contribution in [-0.4, -0.2) is 14.8 Å². The van der Waals surface area contributed by atoms with Gasteiger partial charge < -0.3 is 0 Å². The Morgan fingerprint density at radius 3 is 2.38 bits per heavy atom. The van der Waals surface area contributed by atoms with E-state index < -0.39 is 7.38 Å². The zero-order valence-electron chi connectivity index (χ0n) is 4.95. The Hall–Kier alpha value is 1.20. The van der Waals surface area contributed by atoms with Crippen LogP contribution in [0.3, 0.4) is 0 Å². The molecule has 8 heavy (non-hydrogen) atoms. The molecule has 0 aliphatic carbocycles. The lowest BCUT2D eigenvalue weighted by atomic mass is 11.0. The molecule has 1 rings (SSSR count). The highest BCUT2D eigenvalue weighted by atomic mass is 79.9. The minimum Gasteiger partial charge on any atom is -0.168 e. The van der Waals surface area contributed by atoms with Gasteiger partial charge in [-0.3, -0.25) is 0 Å². The van der Waals surface area contributed by atoms with Gasteiger partial charge in [-0.1, -0.05) is 6.92 Å². The Morgan fingerprint density at radius 2 is 2.25 bits per heavy atom. The smallest absolute Gasteiger partial charge is 0.152 e. The predicted octanol–water partition coefficient (Wildman–Crippen LogP) is 2.40. The lowest BCUT2D eigenvalue weighted by Crippen LogP contribution is -2.45. The van der Waals surface area contributed by atoms with Gasteiger partial charge in [-0.05, 0) is 17.4 Å². The molecule has 0 unspecified atom stereocenters. The van der Waals surface area contributed by atoms with Gasteiger partial charge in [0, 0.05) is 0 Å². The molecule has 1 fully saturated rings. The van der Waals surface area contributed by atoms with Gasteiger partial charge in [0.1, 0.15) is 7.42 Å². The van der Waals surface area contributed by atoms with Gasteiger partial charge >= 0.3 is 0 Å². The molecule has 0 aromatic carbocycles.